The van der Waals surface area contributed by atoms with Crippen molar-refractivity contribution < 1.29 is 13.2 Å². The highest BCUT2D eigenvalue weighted by atomic mass is 32.2. The van der Waals surface area contributed by atoms with Crippen LogP contribution in [0.2, 0.25) is 0 Å². The minimum atomic E-state index is -3.15. The zero-order chi connectivity index (χ0) is 17.4. The smallest absolute Gasteiger partial charge is 0.230 e. The van der Waals surface area contributed by atoms with Crippen LogP contribution in [-0.2, 0) is 14.8 Å². The Bertz CT molecular complexity index is 572. The molecule has 2 heterocycles. The molecule has 1 saturated carbocycles. The number of nitrogens with zero attached hydrogens (tertiary/aromatic N) is 2. The molecular formula is C17H31N3O3S. The third kappa shape index (κ3) is 3.10. The highest BCUT2D eigenvalue weighted by molar-refractivity contribution is 7.89. The van der Waals surface area contributed by atoms with Crippen LogP contribution < -0.4 is 5.32 Å². The van der Waals surface area contributed by atoms with Crippen LogP contribution in [0.3, 0.4) is 0 Å². The highest BCUT2D eigenvalue weighted by Gasteiger charge is 2.51. The number of sulfonamides is 1. The number of carbonyl (C=O) groups is 1. The van der Waals surface area contributed by atoms with Crippen molar-refractivity contribution in [1.82, 2.24) is 14.5 Å². The molecule has 3 rings (SSSR count). The van der Waals surface area contributed by atoms with E-state index in [2.05, 4.69) is 5.32 Å². The second kappa shape index (κ2) is 6.92. The van der Waals surface area contributed by atoms with Crippen LogP contribution in [0.15, 0.2) is 0 Å². The number of hydrogen-bond donors (Lipinski definition) is 1. The molecule has 0 spiro atoms. The van der Waals surface area contributed by atoms with Crippen LogP contribution in [0, 0.1) is 11.3 Å². The fourth-order valence-electron chi connectivity index (χ4n) is 4.85. The minimum absolute atomic E-state index is 0.0281. The Morgan fingerprint density at radius 1 is 1.25 bits per heavy atom. The maximum absolute atomic E-state index is 13.2. The summed E-state index contributed by atoms with van der Waals surface area (Å²) in [6, 6.07) is 0.0281. The molecule has 0 aromatic heterocycles. The standard InChI is InChI=1S/C17H31N3O3S/c1-3-24(22,23)19(2)15-7-10-20(11-8-15)16(21)17-9-5-4-6-14(17)12-18-13-17/h14-15,18H,3-13H2,1-2H3/t14-,17+/m0/s1. The van der Waals surface area contributed by atoms with Crippen molar-refractivity contribution in [2.24, 2.45) is 11.3 Å². The molecule has 3 aliphatic rings. The lowest BCUT2D eigenvalue weighted by atomic mass is 9.67. The second-order valence-corrected chi connectivity index (χ2v) is 9.99. The van der Waals surface area contributed by atoms with Gasteiger partial charge < -0.3 is 10.2 Å². The van der Waals surface area contributed by atoms with Crippen molar-refractivity contribution in [3.8, 4) is 0 Å². The van der Waals surface area contributed by atoms with Crippen molar-refractivity contribution >= 4 is 15.9 Å². The molecule has 24 heavy (non-hydrogen) atoms. The summed E-state index contributed by atoms with van der Waals surface area (Å²) in [5.41, 5.74) is -0.188. The number of nitrogens with one attached hydrogen (secondary N) is 1. The van der Waals surface area contributed by atoms with E-state index in [1.165, 1.54) is 10.7 Å². The average Bonchev–Trinajstić information content (AvgIpc) is 3.05. The molecule has 0 aromatic carbocycles. The lowest BCUT2D eigenvalue weighted by Crippen LogP contribution is -2.54. The molecule has 6 nitrogen and oxygen atoms in total. The van der Waals surface area contributed by atoms with Crippen LogP contribution >= 0.6 is 0 Å². The zero-order valence-corrected chi connectivity index (χ0v) is 15.8. The van der Waals surface area contributed by atoms with Gasteiger partial charge in [-0.05, 0) is 45.1 Å². The number of amides is 1. The van der Waals surface area contributed by atoms with Crippen molar-refractivity contribution in [3.63, 3.8) is 0 Å². The molecule has 0 bridgehead atoms. The zero-order valence-electron chi connectivity index (χ0n) is 15.0. The number of likely N-dealkylation sites (tertiary alicyclic amines) is 1. The van der Waals surface area contributed by atoms with Crippen LogP contribution in [0.25, 0.3) is 0 Å². The van der Waals surface area contributed by atoms with Crippen molar-refractivity contribution in [2.75, 3.05) is 39.0 Å². The van der Waals surface area contributed by atoms with Gasteiger partial charge in [0, 0.05) is 32.7 Å². The molecule has 2 aliphatic heterocycles. The van der Waals surface area contributed by atoms with Crippen LogP contribution in [0.5, 0.6) is 0 Å². The van der Waals surface area contributed by atoms with Gasteiger partial charge in [0.15, 0.2) is 0 Å². The molecule has 0 aromatic rings. The van der Waals surface area contributed by atoms with Gasteiger partial charge >= 0.3 is 0 Å². The SMILES string of the molecule is CCS(=O)(=O)N(C)C1CCN(C(=O)[C@@]23CCCC[C@H]2CNC3)CC1. The Labute approximate surface area is 146 Å². The van der Waals surface area contributed by atoms with Crippen molar-refractivity contribution in [3.05, 3.63) is 0 Å². The summed E-state index contributed by atoms with van der Waals surface area (Å²) in [5, 5.41) is 3.44. The monoisotopic (exact) mass is 357 g/mol. The summed E-state index contributed by atoms with van der Waals surface area (Å²) in [5.74, 6) is 0.940. The van der Waals surface area contributed by atoms with Gasteiger partial charge in [0.25, 0.3) is 0 Å². The average molecular weight is 358 g/mol. The number of rotatable bonds is 4. The molecule has 1 aliphatic carbocycles. The van der Waals surface area contributed by atoms with Crippen LogP contribution in [-0.4, -0.2) is 68.6 Å². The van der Waals surface area contributed by atoms with E-state index in [0.29, 0.717) is 24.9 Å². The molecule has 138 valence electrons. The number of carbonyl (C=O) groups excluding carboxylic acids is 1. The quantitative estimate of drug-likeness (QED) is 0.816. The summed E-state index contributed by atoms with van der Waals surface area (Å²) in [7, 11) is -1.47. The van der Waals surface area contributed by atoms with Crippen molar-refractivity contribution in [1.29, 1.82) is 0 Å². The van der Waals surface area contributed by atoms with E-state index < -0.39 is 10.0 Å². The van der Waals surface area contributed by atoms with Gasteiger partial charge in [0.2, 0.25) is 15.9 Å². The molecule has 0 radical (unpaired) electrons. The Morgan fingerprint density at radius 2 is 1.96 bits per heavy atom. The molecule has 2 atom stereocenters. The molecule has 1 N–H and O–H groups in total. The van der Waals surface area contributed by atoms with Gasteiger partial charge in [-0.2, -0.15) is 0 Å². The van der Waals surface area contributed by atoms with Crippen molar-refractivity contribution in [2.45, 2.75) is 51.5 Å². The van der Waals surface area contributed by atoms with E-state index in [0.717, 1.165) is 45.2 Å². The fraction of sp³-hybridized carbons (Fsp3) is 0.941. The molecule has 0 unspecified atom stereocenters. The van der Waals surface area contributed by atoms with Gasteiger partial charge in [-0.15, -0.1) is 0 Å². The van der Waals surface area contributed by atoms with Crippen LogP contribution in [0.4, 0.5) is 0 Å². The highest BCUT2D eigenvalue weighted by Crippen LogP contribution is 2.45. The minimum Gasteiger partial charge on any atom is -0.342 e. The Balaban J connectivity index is 1.63. The molecule has 7 heteroatoms. The first-order valence-corrected chi connectivity index (χ1v) is 11.0. The van der Waals surface area contributed by atoms with Gasteiger partial charge in [0.05, 0.1) is 11.2 Å². The normalized spacial score (nSPS) is 32.1. The summed E-state index contributed by atoms with van der Waals surface area (Å²) in [6.45, 7) is 4.84. The summed E-state index contributed by atoms with van der Waals surface area (Å²) in [4.78, 5) is 15.2. The van der Waals surface area contributed by atoms with Gasteiger partial charge in [-0.25, -0.2) is 12.7 Å². The summed E-state index contributed by atoms with van der Waals surface area (Å²) < 4.78 is 25.6. The largest absolute Gasteiger partial charge is 0.342 e. The fourth-order valence-corrected chi connectivity index (χ4v) is 5.92. The van der Waals surface area contributed by atoms with E-state index >= 15 is 0 Å². The third-order valence-electron chi connectivity index (χ3n) is 6.53. The lowest BCUT2D eigenvalue weighted by molar-refractivity contribution is -0.146. The van der Waals surface area contributed by atoms with E-state index in [-0.39, 0.29) is 17.2 Å². The first kappa shape index (κ1) is 18.1. The van der Waals surface area contributed by atoms with Gasteiger partial charge in [-0.3, -0.25) is 4.79 Å². The first-order valence-electron chi connectivity index (χ1n) is 9.36. The van der Waals surface area contributed by atoms with Gasteiger partial charge in [0.1, 0.15) is 0 Å². The van der Waals surface area contributed by atoms with E-state index in [4.69, 9.17) is 0 Å². The maximum Gasteiger partial charge on any atom is 0.230 e. The molecule has 2 saturated heterocycles. The predicted molar refractivity (Wildman–Crippen MR) is 94.1 cm³/mol. The topological polar surface area (TPSA) is 69.7 Å². The number of hydrogen-bond acceptors (Lipinski definition) is 4. The van der Waals surface area contributed by atoms with Gasteiger partial charge in [-0.1, -0.05) is 12.8 Å². The molecule has 1 amide bonds. The Morgan fingerprint density at radius 3 is 2.62 bits per heavy atom. The lowest BCUT2D eigenvalue weighted by Gasteiger charge is -2.43. The number of fused-ring (bicyclic) bond motifs is 1. The Hall–Kier alpha value is -0.660. The Kier molecular flexibility index (Phi) is 5.23. The summed E-state index contributed by atoms with van der Waals surface area (Å²) >= 11 is 0. The predicted octanol–water partition coefficient (Wildman–Crippen LogP) is 1.04. The van der Waals surface area contributed by atoms with E-state index in [1.807, 2.05) is 4.90 Å². The molecule has 3 fully saturated rings. The maximum atomic E-state index is 13.2. The summed E-state index contributed by atoms with van der Waals surface area (Å²) in [6.07, 6.45) is 6.05. The number of piperidine rings is 1. The third-order valence-corrected chi connectivity index (χ3v) is 8.44. The molecular weight excluding hydrogens is 326 g/mol. The van der Waals surface area contributed by atoms with E-state index in [9.17, 15) is 13.2 Å². The van der Waals surface area contributed by atoms with Crippen LogP contribution in [0.1, 0.15) is 45.4 Å². The van der Waals surface area contributed by atoms with E-state index in [1.54, 1.807) is 14.0 Å². The first-order chi connectivity index (χ1) is 11.4. The second-order valence-electron chi connectivity index (χ2n) is 7.67.